The van der Waals surface area contributed by atoms with Crippen molar-refractivity contribution in [1.82, 2.24) is 15.3 Å². The lowest BCUT2D eigenvalue weighted by Gasteiger charge is -2.09. The molecule has 0 fully saturated rings. The van der Waals surface area contributed by atoms with E-state index in [4.69, 9.17) is 9.47 Å². The van der Waals surface area contributed by atoms with Crippen LogP contribution in [0.5, 0.6) is 17.5 Å². The Morgan fingerprint density at radius 3 is 2.71 bits per heavy atom. The molecule has 1 heterocycles. The van der Waals surface area contributed by atoms with Crippen molar-refractivity contribution in [3.63, 3.8) is 0 Å². The fraction of sp³-hybridized carbons (Fsp3) is 0.375. The van der Waals surface area contributed by atoms with Crippen molar-refractivity contribution in [2.75, 3.05) is 13.2 Å². The van der Waals surface area contributed by atoms with Gasteiger partial charge in [0.05, 0.1) is 6.61 Å². The summed E-state index contributed by atoms with van der Waals surface area (Å²) in [6.07, 6.45) is 1.80. The molecule has 0 spiro atoms. The fourth-order valence-corrected chi connectivity index (χ4v) is 1.85. The number of hydrogen-bond donors (Lipinski definition) is 1. The summed E-state index contributed by atoms with van der Waals surface area (Å²) in [5.74, 6) is 1.44. The Morgan fingerprint density at radius 2 is 2.00 bits per heavy atom. The van der Waals surface area contributed by atoms with Crippen LogP contribution < -0.4 is 14.8 Å². The average molecular weight is 287 g/mol. The van der Waals surface area contributed by atoms with Gasteiger partial charge in [0, 0.05) is 30.1 Å². The molecule has 1 aromatic heterocycles. The summed E-state index contributed by atoms with van der Waals surface area (Å²) in [6.45, 7) is 8.28. The first-order valence-electron chi connectivity index (χ1n) is 7.16. The number of benzene rings is 1. The molecule has 0 saturated heterocycles. The Kier molecular flexibility index (Phi) is 5.51. The van der Waals surface area contributed by atoms with Crippen molar-refractivity contribution in [3.05, 3.63) is 41.7 Å². The second kappa shape index (κ2) is 7.59. The van der Waals surface area contributed by atoms with E-state index in [1.165, 1.54) is 0 Å². The van der Waals surface area contributed by atoms with E-state index in [9.17, 15) is 0 Å². The van der Waals surface area contributed by atoms with Gasteiger partial charge in [-0.1, -0.05) is 13.0 Å². The van der Waals surface area contributed by atoms with Gasteiger partial charge in [0.2, 0.25) is 0 Å². The maximum absolute atomic E-state index is 5.68. The van der Waals surface area contributed by atoms with Crippen LogP contribution in [0.15, 0.2) is 30.5 Å². The van der Waals surface area contributed by atoms with Crippen LogP contribution in [0.25, 0.3) is 0 Å². The van der Waals surface area contributed by atoms with Gasteiger partial charge in [-0.05, 0) is 32.5 Å². The molecule has 0 saturated carbocycles. The normalized spacial score (nSPS) is 10.4. The Hall–Kier alpha value is -2.14. The summed E-state index contributed by atoms with van der Waals surface area (Å²) in [7, 11) is 0. The van der Waals surface area contributed by atoms with E-state index in [2.05, 4.69) is 22.2 Å². The van der Waals surface area contributed by atoms with E-state index in [0.29, 0.717) is 18.4 Å². The third-order valence-corrected chi connectivity index (χ3v) is 2.95. The molecule has 0 unspecified atom stereocenters. The molecule has 0 aliphatic carbocycles. The summed E-state index contributed by atoms with van der Waals surface area (Å²) >= 11 is 0. The molecule has 2 rings (SSSR count). The zero-order chi connectivity index (χ0) is 15.1. The van der Waals surface area contributed by atoms with Crippen molar-refractivity contribution in [3.8, 4) is 17.5 Å². The first-order valence-corrected chi connectivity index (χ1v) is 7.16. The number of rotatable bonds is 7. The Labute approximate surface area is 125 Å². The van der Waals surface area contributed by atoms with Gasteiger partial charge in [0.25, 0.3) is 0 Å². The quantitative estimate of drug-likeness (QED) is 0.848. The standard InChI is InChI=1S/C16H21N3O2/c1-4-17-10-13-11-18-16(19-12(13)3)21-15-8-6-7-14(9-15)20-5-2/h6-9,11,17H,4-5,10H2,1-3H3. The van der Waals surface area contributed by atoms with Gasteiger partial charge in [0.1, 0.15) is 11.5 Å². The van der Waals surface area contributed by atoms with Crippen molar-refractivity contribution in [2.24, 2.45) is 0 Å². The van der Waals surface area contributed by atoms with E-state index in [0.717, 1.165) is 30.1 Å². The van der Waals surface area contributed by atoms with E-state index in [-0.39, 0.29) is 0 Å². The maximum atomic E-state index is 5.68. The van der Waals surface area contributed by atoms with Crippen LogP contribution in [0.1, 0.15) is 25.1 Å². The highest BCUT2D eigenvalue weighted by Gasteiger charge is 2.06. The molecular formula is C16H21N3O2. The van der Waals surface area contributed by atoms with E-state index in [1.54, 1.807) is 6.20 Å². The third-order valence-electron chi connectivity index (χ3n) is 2.95. The molecular weight excluding hydrogens is 266 g/mol. The molecule has 1 aromatic carbocycles. The van der Waals surface area contributed by atoms with E-state index >= 15 is 0 Å². The molecule has 0 bridgehead atoms. The van der Waals surface area contributed by atoms with Crippen LogP contribution >= 0.6 is 0 Å². The van der Waals surface area contributed by atoms with Crippen molar-refractivity contribution in [1.29, 1.82) is 0 Å². The van der Waals surface area contributed by atoms with Gasteiger partial charge < -0.3 is 14.8 Å². The second-order valence-electron chi connectivity index (χ2n) is 4.55. The Morgan fingerprint density at radius 1 is 1.19 bits per heavy atom. The highest BCUT2D eigenvalue weighted by atomic mass is 16.5. The zero-order valence-electron chi connectivity index (χ0n) is 12.7. The molecule has 21 heavy (non-hydrogen) atoms. The van der Waals surface area contributed by atoms with E-state index < -0.39 is 0 Å². The van der Waals surface area contributed by atoms with Gasteiger partial charge in [0.15, 0.2) is 0 Å². The van der Waals surface area contributed by atoms with Gasteiger partial charge in [-0.2, -0.15) is 4.98 Å². The van der Waals surface area contributed by atoms with E-state index in [1.807, 2.05) is 38.1 Å². The summed E-state index contributed by atoms with van der Waals surface area (Å²) < 4.78 is 11.1. The monoisotopic (exact) mass is 287 g/mol. The highest BCUT2D eigenvalue weighted by Crippen LogP contribution is 2.23. The van der Waals surface area contributed by atoms with Crippen LogP contribution in [0.2, 0.25) is 0 Å². The lowest BCUT2D eigenvalue weighted by molar-refractivity contribution is 0.337. The Balaban J connectivity index is 2.09. The third kappa shape index (κ3) is 4.43. The van der Waals surface area contributed by atoms with Crippen LogP contribution in [0.4, 0.5) is 0 Å². The molecule has 0 aliphatic rings. The van der Waals surface area contributed by atoms with Crippen LogP contribution in [-0.2, 0) is 6.54 Å². The van der Waals surface area contributed by atoms with Crippen LogP contribution in [0, 0.1) is 6.92 Å². The number of nitrogens with one attached hydrogen (secondary N) is 1. The van der Waals surface area contributed by atoms with Crippen LogP contribution in [0.3, 0.4) is 0 Å². The summed E-state index contributed by atoms with van der Waals surface area (Å²) in [4.78, 5) is 8.63. The number of aryl methyl sites for hydroxylation is 1. The number of aromatic nitrogens is 2. The SMILES string of the molecule is CCNCc1cnc(Oc2cccc(OCC)c2)nc1C. The molecule has 0 atom stereocenters. The van der Waals surface area contributed by atoms with Gasteiger partial charge in [-0.3, -0.25) is 0 Å². The molecule has 0 radical (unpaired) electrons. The van der Waals surface area contributed by atoms with Gasteiger partial charge >= 0.3 is 6.01 Å². The minimum absolute atomic E-state index is 0.349. The Bertz CT molecular complexity index is 587. The summed E-state index contributed by atoms with van der Waals surface area (Å²) in [5, 5.41) is 3.26. The van der Waals surface area contributed by atoms with Crippen molar-refractivity contribution >= 4 is 0 Å². The molecule has 0 aliphatic heterocycles. The zero-order valence-corrected chi connectivity index (χ0v) is 12.7. The predicted molar refractivity (Wildman–Crippen MR) is 81.8 cm³/mol. The lowest BCUT2D eigenvalue weighted by atomic mass is 10.2. The summed E-state index contributed by atoms with van der Waals surface area (Å²) in [5.41, 5.74) is 1.99. The molecule has 1 N–H and O–H groups in total. The largest absolute Gasteiger partial charge is 0.494 e. The first-order chi connectivity index (χ1) is 10.2. The maximum Gasteiger partial charge on any atom is 0.322 e. The summed E-state index contributed by atoms with van der Waals surface area (Å²) in [6, 6.07) is 7.80. The molecule has 112 valence electrons. The average Bonchev–Trinajstić information content (AvgIpc) is 2.47. The minimum Gasteiger partial charge on any atom is -0.494 e. The number of nitrogens with zero attached hydrogens (tertiary/aromatic N) is 2. The predicted octanol–water partition coefficient (Wildman–Crippen LogP) is 3.09. The molecule has 0 amide bonds. The lowest BCUT2D eigenvalue weighted by Crippen LogP contribution is -2.13. The van der Waals surface area contributed by atoms with Crippen molar-refractivity contribution < 1.29 is 9.47 Å². The minimum atomic E-state index is 0.349. The highest BCUT2D eigenvalue weighted by molar-refractivity contribution is 5.34. The smallest absolute Gasteiger partial charge is 0.322 e. The van der Waals surface area contributed by atoms with Crippen molar-refractivity contribution in [2.45, 2.75) is 27.3 Å². The topological polar surface area (TPSA) is 56.3 Å². The number of ether oxygens (including phenoxy) is 2. The van der Waals surface area contributed by atoms with Gasteiger partial charge in [-0.25, -0.2) is 4.98 Å². The fourth-order valence-electron chi connectivity index (χ4n) is 1.85. The molecule has 5 heteroatoms. The first kappa shape index (κ1) is 15.3. The molecule has 5 nitrogen and oxygen atoms in total. The van der Waals surface area contributed by atoms with Crippen LogP contribution in [-0.4, -0.2) is 23.1 Å². The van der Waals surface area contributed by atoms with Gasteiger partial charge in [-0.15, -0.1) is 0 Å². The number of hydrogen-bond acceptors (Lipinski definition) is 5. The second-order valence-corrected chi connectivity index (χ2v) is 4.55. The molecule has 2 aromatic rings.